The molecule has 0 saturated carbocycles. The number of hydrogen-bond acceptors (Lipinski definition) is 4. The summed E-state index contributed by atoms with van der Waals surface area (Å²) < 4.78 is 5.14. The molecule has 2 aromatic rings. The molecule has 2 heterocycles. The Labute approximate surface area is 105 Å². The summed E-state index contributed by atoms with van der Waals surface area (Å²) in [5, 5.41) is 3.55. The summed E-state index contributed by atoms with van der Waals surface area (Å²) in [4.78, 5) is 8.23. The summed E-state index contributed by atoms with van der Waals surface area (Å²) in [6.07, 6.45) is 5.00. The fourth-order valence-corrected chi connectivity index (χ4v) is 1.69. The molecule has 0 aliphatic rings. The highest BCUT2D eigenvalue weighted by Gasteiger charge is 2.07. The van der Waals surface area contributed by atoms with Crippen molar-refractivity contribution >= 4 is 17.4 Å². The largest absolute Gasteiger partial charge is 0.495 e. The first-order chi connectivity index (χ1) is 8.24. The van der Waals surface area contributed by atoms with Crippen molar-refractivity contribution < 1.29 is 4.74 Å². The van der Waals surface area contributed by atoms with Crippen LogP contribution in [0, 0.1) is 0 Å². The van der Waals surface area contributed by atoms with Crippen molar-refractivity contribution in [2.24, 2.45) is 0 Å². The quantitative estimate of drug-likeness (QED) is 0.909. The minimum atomic E-state index is 0.582. The summed E-state index contributed by atoms with van der Waals surface area (Å²) in [5.41, 5.74) is 1.77. The highest BCUT2D eigenvalue weighted by molar-refractivity contribution is 6.33. The number of aromatic nitrogens is 2. The Morgan fingerprint density at radius 2 is 2.06 bits per heavy atom. The van der Waals surface area contributed by atoms with Crippen molar-refractivity contribution in [2.75, 3.05) is 19.5 Å². The number of ether oxygens (including phenoxy) is 1. The summed E-state index contributed by atoms with van der Waals surface area (Å²) in [6.45, 7) is 0. The molecule has 0 spiro atoms. The third-order valence-corrected chi connectivity index (χ3v) is 2.67. The first kappa shape index (κ1) is 11.7. The second kappa shape index (κ2) is 5.01. The van der Waals surface area contributed by atoms with E-state index in [1.165, 1.54) is 0 Å². The van der Waals surface area contributed by atoms with Crippen molar-refractivity contribution in [3.05, 3.63) is 35.7 Å². The van der Waals surface area contributed by atoms with Gasteiger partial charge in [-0.3, -0.25) is 4.98 Å². The van der Waals surface area contributed by atoms with Gasteiger partial charge in [0.15, 0.2) is 0 Å². The predicted octanol–water partition coefficient (Wildman–Crippen LogP) is 2.85. The number of hydrogen-bond donors (Lipinski definition) is 1. The molecule has 0 amide bonds. The topological polar surface area (TPSA) is 47.0 Å². The van der Waals surface area contributed by atoms with E-state index in [-0.39, 0.29) is 0 Å². The number of rotatable bonds is 3. The Hall–Kier alpha value is -1.81. The van der Waals surface area contributed by atoms with E-state index in [2.05, 4.69) is 15.3 Å². The minimum Gasteiger partial charge on any atom is -0.495 e. The molecule has 88 valence electrons. The van der Waals surface area contributed by atoms with Gasteiger partial charge in [-0.15, -0.1) is 0 Å². The van der Waals surface area contributed by atoms with Crippen molar-refractivity contribution in [2.45, 2.75) is 0 Å². The van der Waals surface area contributed by atoms with Crippen LogP contribution in [0.4, 0.5) is 5.82 Å². The van der Waals surface area contributed by atoms with E-state index < -0.39 is 0 Å². The molecule has 4 nitrogen and oxygen atoms in total. The lowest BCUT2D eigenvalue weighted by Gasteiger charge is -2.07. The van der Waals surface area contributed by atoms with Gasteiger partial charge in [-0.25, -0.2) is 4.98 Å². The van der Waals surface area contributed by atoms with Gasteiger partial charge < -0.3 is 10.1 Å². The van der Waals surface area contributed by atoms with Crippen LogP contribution in [0.15, 0.2) is 30.7 Å². The van der Waals surface area contributed by atoms with E-state index in [4.69, 9.17) is 16.3 Å². The number of methoxy groups -OCH3 is 1. The van der Waals surface area contributed by atoms with Crippen LogP contribution in [0.3, 0.4) is 0 Å². The maximum Gasteiger partial charge on any atom is 0.137 e. The van der Waals surface area contributed by atoms with E-state index in [0.717, 1.165) is 16.9 Å². The fourth-order valence-electron chi connectivity index (χ4n) is 1.47. The van der Waals surface area contributed by atoms with Crippen LogP contribution in [-0.2, 0) is 0 Å². The maximum atomic E-state index is 6.12. The summed E-state index contributed by atoms with van der Waals surface area (Å²) in [5.74, 6) is 1.45. The zero-order valence-electron chi connectivity index (χ0n) is 9.57. The Kier molecular flexibility index (Phi) is 3.44. The zero-order valence-corrected chi connectivity index (χ0v) is 10.3. The van der Waals surface area contributed by atoms with Crippen LogP contribution in [-0.4, -0.2) is 24.1 Å². The number of halogens is 1. The third kappa shape index (κ3) is 2.47. The molecule has 1 N–H and O–H groups in total. The Morgan fingerprint density at radius 1 is 1.24 bits per heavy atom. The van der Waals surface area contributed by atoms with Gasteiger partial charge in [-0.1, -0.05) is 11.6 Å². The van der Waals surface area contributed by atoms with Gasteiger partial charge in [0.1, 0.15) is 11.6 Å². The van der Waals surface area contributed by atoms with E-state index in [1.54, 1.807) is 25.7 Å². The van der Waals surface area contributed by atoms with Gasteiger partial charge in [0, 0.05) is 30.6 Å². The molecular weight excluding hydrogens is 238 g/mol. The van der Waals surface area contributed by atoms with Crippen molar-refractivity contribution in [1.29, 1.82) is 0 Å². The molecule has 2 aromatic heterocycles. The molecule has 0 fully saturated rings. The van der Waals surface area contributed by atoms with Gasteiger partial charge in [0.05, 0.1) is 18.3 Å². The molecule has 0 bridgehead atoms. The highest BCUT2D eigenvalue weighted by Crippen LogP contribution is 2.30. The lowest BCUT2D eigenvalue weighted by atomic mass is 10.1. The van der Waals surface area contributed by atoms with E-state index in [9.17, 15) is 0 Å². The average Bonchev–Trinajstić information content (AvgIpc) is 2.39. The van der Waals surface area contributed by atoms with Crippen molar-refractivity contribution in [3.8, 4) is 16.9 Å². The van der Waals surface area contributed by atoms with Crippen molar-refractivity contribution in [3.63, 3.8) is 0 Å². The molecular formula is C12H12ClN3O. The van der Waals surface area contributed by atoms with Crippen LogP contribution in [0.5, 0.6) is 5.75 Å². The lowest BCUT2D eigenvalue weighted by Crippen LogP contribution is -1.93. The molecule has 17 heavy (non-hydrogen) atoms. The molecule has 0 radical (unpaired) electrons. The van der Waals surface area contributed by atoms with Gasteiger partial charge in [0.25, 0.3) is 0 Å². The Morgan fingerprint density at radius 3 is 2.76 bits per heavy atom. The Balaban J connectivity index is 2.50. The SMILES string of the molecule is CNc1cc(-c2cncc(OC)c2)c(Cl)cn1. The summed E-state index contributed by atoms with van der Waals surface area (Å²) in [6, 6.07) is 3.76. The monoisotopic (exact) mass is 249 g/mol. The number of nitrogens with zero attached hydrogens (tertiary/aromatic N) is 2. The molecule has 5 heteroatoms. The van der Waals surface area contributed by atoms with Gasteiger partial charge >= 0.3 is 0 Å². The smallest absolute Gasteiger partial charge is 0.137 e. The second-order valence-corrected chi connectivity index (χ2v) is 3.82. The first-order valence-corrected chi connectivity index (χ1v) is 5.45. The number of nitrogens with one attached hydrogen (secondary N) is 1. The van der Waals surface area contributed by atoms with Crippen molar-refractivity contribution in [1.82, 2.24) is 9.97 Å². The van der Waals surface area contributed by atoms with Crippen LogP contribution < -0.4 is 10.1 Å². The molecule has 0 unspecified atom stereocenters. The first-order valence-electron chi connectivity index (χ1n) is 5.07. The van der Waals surface area contributed by atoms with E-state index >= 15 is 0 Å². The average molecular weight is 250 g/mol. The van der Waals surface area contributed by atoms with Gasteiger partial charge in [-0.05, 0) is 12.1 Å². The molecule has 0 saturated heterocycles. The number of anilines is 1. The van der Waals surface area contributed by atoms with E-state index in [1.807, 2.05) is 19.2 Å². The standard InChI is InChI=1S/C12H12ClN3O/c1-14-12-4-10(11(13)7-16-12)8-3-9(17-2)6-15-5-8/h3-7H,1-2H3,(H,14,16). The third-order valence-electron chi connectivity index (χ3n) is 2.37. The van der Waals surface area contributed by atoms with Crippen LogP contribution in [0.1, 0.15) is 0 Å². The molecule has 0 atom stereocenters. The zero-order chi connectivity index (χ0) is 12.3. The minimum absolute atomic E-state index is 0.582. The second-order valence-electron chi connectivity index (χ2n) is 3.41. The van der Waals surface area contributed by atoms with Crippen LogP contribution in [0.25, 0.3) is 11.1 Å². The lowest BCUT2D eigenvalue weighted by molar-refractivity contribution is 0.413. The highest BCUT2D eigenvalue weighted by atomic mass is 35.5. The maximum absolute atomic E-state index is 6.12. The summed E-state index contributed by atoms with van der Waals surface area (Å²) in [7, 11) is 3.41. The Bertz CT molecular complexity index is 531. The predicted molar refractivity (Wildman–Crippen MR) is 68.6 cm³/mol. The summed E-state index contributed by atoms with van der Waals surface area (Å²) >= 11 is 6.12. The number of pyridine rings is 2. The van der Waals surface area contributed by atoms with Gasteiger partial charge in [-0.2, -0.15) is 0 Å². The molecule has 0 aliphatic carbocycles. The van der Waals surface area contributed by atoms with Crippen LogP contribution >= 0.6 is 11.6 Å². The van der Waals surface area contributed by atoms with E-state index in [0.29, 0.717) is 10.8 Å². The van der Waals surface area contributed by atoms with Gasteiger partial charge in [0.2, 0.25) is 0 Å². The fraction of sp³-hybridized carbons (Fsp3) is 0.167. The molecule has 0 aliphatic heterocycles. The molecule has 0 aromatic carbocycles. The molecule has 2 rings (SSSR count). The normalized spacial score (nSPS) is 10.1. The van der Waals surface area contributed by atoms with Crippen LogP contribution in [0.2, 0.25) is 5.02 Å².